The molecule has 1 fully saturated rings. The Bertz CT molecular complexity index is 69.3. The highest BCUT2D eigenvalue weighted by molar-refractivity contribution is 6.17. The van der Waals surface area contributed by atoms with Gasteiger partial charge in [0.15, 0.2) is 0 Å². The van der Waals surface area contributed by atoms with Crippen LogP contribution >= 0.6 is 24.0 Å². The third kappa shape index (κ3) is 3.65. The molecular weight excluding hydrogens is 169 g/mol. The van der Waals surface area contributed by atoms with E-state index >= 15 is 0 Å². The fraction of sp³-hybridized carbons (Fsp3) is 1.00. The molecule has 0 aromatic carbocycles. The zero-order chi connectivity index (χ0) is 6.53. The van der Waals surface area contributed by atoms with E-state index in [4.69, 9.17) is 11.6 Å². The molecule has 1 nitrogen and oxygen atoms in total. The molecule has 1 rings (SSSR count). The summed E-state index contributed by atoms with van der Waals surface area (Å²) in [4.78, 5) is 0. The van der Waals surface area contributed by atoms with Crippen molar-refractivity contribution in [2.24, 2.45) is 5.92 Å². The topological polar surface area (TPSA) is 12.0 Å². The molecule has 3 heteroatoms. The average molecular weight is 184 g/mol. The molecule has 0 bridgehead atoms. The Labute approximate surface area is 73.9 Å². The number of rotatable bonds is 2. The van der Waals surface area contributed by atoms with Gasteiger partial charge in [-0.05, 0) is 38.3 Å². The molecule has 0 amide bonds. The smallest absolute Gasteiger partial charge is 0.0226 e. The first kappa shape index (κ1) is 10.5. The van der Waals surface area contributed by atoms with Gasteiger partial charge >= 0.3 is 0 Å². The minimum Gasteiger partial charge on any atom is -0.317 e. The van der Waals surface area contributed by atoms with E-state index in [1.165, 1.54) is 32.4 Å². The molecule has 0 aliphatic carbocycles. The summed E-state index contributed by atoms with van der Waals surface area (Å²) < 4.78 is 0. The lowest BCUT2D eigenvalue weighted by molar-refractivity contribution is 0.367. The summed E-state index contributed by atoms with van der Waals surface area (Å²) in [5.41, 5.74) is 0. The summed E-state index contributed by atoms with van der Waals surface area (Å²) >= 11 is 5.61. The minimum absolute atomic E-state index is 0. The Balaban J connectivity index is 0.000000810. The third-order valence-electron chi connectivity index (χ3n) is 1.98. The van der Waals surface area contributed by atoms with Gasteiger partial charge in [0.25, 0.3) is 0 Å². The number of nitrogens with one attached hydrogen (secondary N) is 1. The van der Waals surface area contributed by atoms with Crippen LogP contribution in [0.15, 0.2) is 0 Å². The van der Waals surface area contributed by atoms with E-state index in [2.05, 4.69) is 5.32 Å². The first-order valence-corrected chi connectivity index (χ1v) is 4.23. The van der Waals surface area contributed by atoms with Crippen molar-refractivity contribution >= 4 is 24.0 Å². The maximum atomic E-state index is 5.61. The largest absolute Gasteiger partial charge is 0.317 e. The van der Waals surface area contributed by atoms with Gasteiger partial charge in [-0.3, -0.25) is 0 Å². The van der Waals surface area contributed by atoms with Crippen LogP contribution in [0.2, 0.25) is 0 Å². The number of hydrogen-bond donors (Lipinski definition) is 1. The van der Waals surface area contributed by atoms with Gasteiger partial charge in [-0.1, -0.05) is 0 Å². The van der Waals surface area contributed by atoms with Crippen molar-refractivity contribution in [3.8, 4) is 0 Å². The zero-order valence-electron chi connectivity index (χ0n) is 6.11. The summed E-state index contributed by atoms with van der Waals surface area (Å²) in [7, 11) is 0. The number of piperidine rings is 1. The second kappa shape index (κ2) is 6.26. The van der Waals surface area contributed by atoms with Gasteiger partial charge in [0, 0.05) is 5.88 Å². The second-order valence-electron chi connectivity index (χ2n) is 2.67. The maximum absolute atomic E-state index is 5.61. The molecular formula is C7H15Cl2N. The van der Waals surface area contributed by atoms with E-state index in [9.17, 15) is 0 Å². The van der Waals surface area contributed by atoms with Crippen molar-refractivity contribution in [2.75, 3.05) is 19.0 Å². The van der Waals surface area contributed by atoms with Crippen molar-refractivity contribution in [1.29, 1.82) is 0 Å². The highest BCUT2D eigenvalue weighted by atomic mass is 35.5. The molecule has 1 heterocycles. The maximum Gasteiger partial charge on any atom is 0.0226 e. The van der Waals surface area contributed by atoms with Gasteiger partial charge in [-0.2, -0.15) is 0 Å². The van der Waals surface area contributed by atoms with E-state index in [0.29, 0.717) is 0 Å². The number of alkyl halides is 1. The first-order valence-electron chi connectivity index (χ1n) is 3.70. The van der Waals surface area contributed by atoms with Crippen LogP contribution < -0.4 is 5.32 Å². The van der Waals surface area contributed by atoms with Crippen molar-refractivity contribution in [3.63, 3.8) is 0 Å². The molecule has 0 radical (unpaired) electrons. The lowest BCUT2D eigenvalue weighted by Crippen LogP contribution is -2.27. The Morgan fingerprint density at radius 3 is 2.40 bits per heavy atom. The molecule has 1 N–H and O–H groups in total. The lowest BCUT2D eigenvalue weighted by atomic mass is 9.96. The highest BCUT2D eigenvalue weighted by Gasteiger charge is 2.10. The summed E-state index contributed by atoms with van der Waals surface area (Å²) in [6, 6.07) is 0. The van der Waals surface area contributed by atoms with Crippen LogP contribution in [0.3, 0.4) is 0 Å². The summed E-state index contributed by atoms with van der Waals surface area (Å²) in [5, 5.41) is 3.33. The Morgan fingerprint density at radius 2 is 1.90 bits per heavy atom. The number of hydrogen-bond acceptors (Lipinski definition) is 1. The van der Waals surface area contributed by atoms with Crippen LogP contribution in [0.4, 0.5) is 0 Å². The van der Waals surface area contributed by atoms with Gasteiger partial charge < -0.3 is 5.32 Å². The molecule has 0 spiro atoms. The zero-order valence-corrected chi connectivity index (χ0v) is 7.68. The predicted molar refractivity (Wildman–Crippen MR) is 48.2 cm³/mol. The minimum atomic E-state index is 0. The fourth-order valence-corrected chi connectivity index (χ4v) is 1.63. The molecule has 1 aliphatic heterocycles. The van der Waals surface area contributed by atoms with Crippen molar-refractivity contribution in [1.82, 2.24) is 5.32 Å². The first-order chi connectivity index (χ1) is 4.43. The van der Waals surface area contributed by atoms with E-state index in [1.54, 1.807) is 0 Å². The normalized spacial score (nSPS) is 20.1. The van der Waals surface area contributed by atoms with E-state index in [-0.39, 0.29) is 12.4 Å². The molecule has 62 valence electrons. The van der Waals surface area contributed by atoms with Crippen molar-refractivity contribution in [3.05, 3.63) is 0 Å². The van der Waals surface area contributed by atoms with Gasteiger partial charge in [0.2, 0.25) is 0 Å². The molecule has 0 atom stereocenters. The summed E-state index contributed by atoms with van der Waals surface area (Å²) in [5.74, 6) is 1.74. The Morgan fingerprint density at radius 1 is 1.30 bits per heavy atom. The Kier molecular flexibility index (Phi) is 6.60. The summed E-state index contributed by atoms with van der Waals surface area (Å²) in [6.45, 7) is 2.39. The van der Waals surface area contributed by atoms with Gasteiger partial charge in [-0.15, -0.1) is 24.0 Å². The van der Waals surface area contributed by atoms with Crippen molar-refractivity contribution in [2.45, 2.75) is 19.3 Å². The average Bonchev–Trinajstić information content (AvgIpc) is 1.91. The molecule has 1 aliphatic rings. The van der Waals surface area contributed by atoms with E-state index in [1.807, 2.05) is 0 Å². The van der Waals surface area contributed by atoms with Crippen LogP contribution in [0, 0.1) is 5.92 Å². The fourth-order valence-electron chi connectivity index (χ4n) is 1.32. The quantitative estimate of drug-likeness (QED) is 0.647. The molecule has 0 aromatic rings. The van der Waals surface area contributed by atoms with Crippen LogP contribution in [-0.2, 0) is 0 Å². The third-order valence-corrected chi connectivity index (χ3v) is 2.19. The SMILES string of the molecule is Cl.ClCCC1CCNCC1. The van der Waals surface area contributed by atoms with Crippen LogP contribution in [0.25, 0.3) is 0 Å². The van der Waals surface area contributed by atoms with Crippen LogP contribution in [0.5, 0.6) is 0 Å². The van der Waals surface area contributed by atoms with Crippen LogP contribution in [0.1, 0.15) is 19.3 Å². The van der Waals surface area contributed by atoms with Gasteiger partial charge in [0.1, 0.15) is 0 Å². The molecule has 10 heavy (non-hydrogen) atoms. The Hall–Kier alpha value is 0.540. The highest BCUT2D eigenvalue weighted by Crippen LogP contribution is 2.15. The van der Waals surface area contributed by atoms with Crippen LogP contribution in [-0.4, -0.2) is 19.0 Å². The molecule has 0 saturated carbocycles. The standard InChI is InChI=1S/C7H14ClN.ClH/c8-4-1-7-2-5-9-6-3-7;/h7,9H,1-6H2;1H. The second-order valence-corrected chi connectivity index (χ2v) is 3.05. The lowest BCUT2D eigenvalue weighted by Gasteiger charge is -2.21. The van der Waals surface area contributed by atoms with Gasteiger partial charge in [-0.25, -0.2) is 0 Å². The molecule has 1 saturated heterocycles. The monoisotopic (exact) mass is 183 g/mol. The van der Waals surface area contributed by atoms with Crippen molar-refractivity contribution < 1.29 is 0 Å². The molecule has 0 unspecified atom stereocenters. The van der Waals surface area contributed by atoms with Gasteiger partial charge in [0.05, 0.1) is 0 Å². The summed E-state index contributed by atoms with van der Waals surface area (Å²) in [6.07, 6.45) is 3.86. The van der Waals surface area contributed by atoms with E-state index in [0.717, 1.165) is 11.8 Å². The van der Waals surface area contributed by atoms with E-state index < -0.39 is 0 Å². The number of halogens is 2. The predicted octanol–water partition coefficient (Wildman–Crippen LogP) is 2.04. The molecule has 0 aromatic heterocycles.